The molecule has 1 saturated heterocycles. The molecule has 1 aliphatic heterocycles. The number of hydrogen-bond acceptors (Lipinski definition) is 5. The highest BCUT2D eigenvalue weighted by Crippen LogP contribution is 2.25. The number of amides is 2. The van der Waals surface area contributed by atoms with Gasteiger partial charge in [0.2, 0.25) is 11.8 Å². The SMILES string of the molecule is C=CCn1c(SCCN2C(=O)CCC2=O)nnc1-c1ccc(Cl)cc1. The van der Waals surface area contributed by atoms with Gasteiger partial charge in [-0.05, 0) is 24.3 Å². The van der Waals surface area contributed by atoms with Crippen LogP contribution >= 0.6 is 23.4 Å². The molecule has 8 heteroatoms. The second kappa shape index (κ2) is 7.84. The molecular weight excluding hydrogens is 360 g/mol. The van der Waals surface area contributed by atoms with Gasteiger partial charge in [-0.15, -0.1) is 16.8 Å². The maximum Gasteiger partial charge on any atom is 0.229 e. The average molecular weight is 377 g/mol. The fraction of sp³-hybridized carbons (Fsp3) is 0.294. The van der Waals surface area contributed by atoms with E-state index >= 15 is 0 Å². The van der Waals surface area contributed by atoms with Crippen LogP contribution < -0.4 is 0 Å². The number of likely N-dealkylation sites (tertiary alicyclic amines) is 1. The molecule has 0 radical (unpaired) electrons. The van der Waals surface area contributed by atoms with Crippen LogP contribution in [0.4, 0.5) is 0 Å². The Kier molecular flexibility index (Phi) is 5.55. The van der Waals surface area contributed by atoms with Crippen molar-refractivity contribution in [3.05, 3.63) is 41.9 Å². The third kappa shape index (κ3) is 3.93. The Balaban J connectivity index is 1.73. The Morgan fingerprint density at radius 3 is 2.48 bits per heavy atom. The molecule has 6 nitrogen and oxygen atoms in total. The highest BCUT2D eigenvalue weighted by Gasteiger charge is 2.28. The summed E-state index contributed by atoms with van der Waals surface area (Å²) in [5, 5.41) is 9.90. The third-order valence-electron chi connectivity index (χ3n) is 3.83. The van der Waals surface area contributed by atoms with E-state index in [0.717, 1.165) is 16.5 Å². The molecule has 0 atom stereocenters. The first-order valence-electron chi connectivity index (χ1n) is 7.86. The van der Waals surface area contributed by atoms with E-state index in [1.54, 1.807) is 18.2 Å². The van der Waals surface area contributed by atoms with Crippen molar-refractivity contribution in [1.82, 2.24) is 19.7 Å². The van der Waals surface area contributed by atoms with Gasteiger partial charge in [0.05, 0.1) is 0 Å². The molecule has 1 fully saturated rings. The van der Waals surface area contributed by atoms with Crippen molar-refractivity contribution in [2.45, 2.75) is 24.5 Å². The molecule has 1 aromatic heterocycles. The second-order valence-electron chi connectivity index (χ2n) is 5.50. The number of rotatable bonds is 7. The van der Waals surface area contributed by atoms with E-state index < -0.39 is 0 Å². The third-order valence-corrected chi connectivity index (χ3v) is 5.03. The van der Waals surface area contributed by atoms with Crippen LogP contribution in [-0.4, -0.2) is 43.8 Å². The number of allylic oxidation sites excluding steroid dienone is 1. The van der Waals surface area contributed by atoms with Crippen LogP contribution in [0, 0.1) is 0 Å². The number of benzene rings is 1. The van der Waals surface area contributed by atoms with Crippen LogP contribution in [0.15, 0.2) is 42.1 Å². The van der Waals surface area contributed by atoms with Gasteiger partial charge in [0.25, 0.3) is 0 Å². The molecule has 0 saturated carbocycles. The van der Waals surface area contributed by atoms with Gasteiger partial charge < -0.3 is 0 Å². The predicted molar refractivity (Wildman–Crippen MR) is 97.3 cm³/mol. The van der Waals surface area contributed by atoms with Crippen LogP contribution in [0.25, 0.3) is 11.4 Å². The average Bonchev–Trinajstić information content (AvgIpc) is 3.14. The Morgan fingerprint density at radius 2 is 1.84 bits per heavy atom. The summed E-state index contributed by atoms with van der Waals surface area (Å²) in [6.45, 7) is 4.74. The monoisotopic (exact) mass is 376 g/mol. The molecule has 2 heterocycles. The summed E-state index contributed by atoms with van der Waals surface area (Å²) in [5.41, 5.74) is 0.912. The number of aromatic nitrogens is 3. The number of hydrogen-bond donors (Lipinski definition) is 0. The summed E-state index contributed by atoms with van der Waals surface area (Å²) in [5.74, 6) is 1.11. The van der Waals surface area contributed by atoms with Crippen molar-refractivity contribution in [2.75, 3.05) is 12.3 Å². The molecule has 2 aromatic rings. The smallest absolute Gasteiger partial charge is 0.229 e. The van der Waals surface area contributed by atoms with Crippen molar-refractivity contribution >= 4 is 35.2 Å². The fourth-order valence-electron chi connectivity index (χ4n) is 2.60. The number of halogens is 1. The van der Waals surface area contributed by atoms with Gasteiger partial charge in [0, 0.05) is 42.3 Å². The second-order valence-corrected chi connectivity index (χ2v) is 7.00. The van der Waals surface area contributed by atoms with Gasteiger partial charge in [-0.3, -0.25) is 19.1 Å². The van der Waals surface area contributed by atoms with Crippen LogP contribution in [0.2, 0.25) is 5.02 Å². The van der Waals surface area contributed by atoms with Gasteiger partial charge in [0.15, 0.2) is 11.0 Å². The molecule has 0 bridgehead atoms. The minimum absolute atomic E-state index is 0.0972. The van der Waals surface area contributed by atoms with Crippen molar-refractivity contribution in [1.29, 1.82) is 0 Å². The lowest BCUT2D eigenvalue weighted by Crippen LogP contribution is -2.31. The molecular formula is C17H17ClN4O2S. The van der Waals surface area contributed by atoms with Crippen molar-refractivity contribution in [3.8, 4) is 11.4 Å². The summed E-state index contributed by atoms with van der Waals surface area (Å²) < 4.78 is 1.95. The van der Waals surface area contributed by atoms with Crippen LogP contribution in [0.5, 0.6) is 0 Å². The first kappa shape index (κ1) is 17.7. The zero-order valence-electron chi connectivity index (χ0n) is 13.5. The zero-order valence-corrected chi connectivity index (χ0v) is 15.1. The molecule has 3 rings (SSSR count). The molecule has 0 aliphatic carbocycles. The molecule has 2 amide bonds. The first-order valence-corrected chi connectivity index (χ1v) is 9.22. The van der Waals surface area contributed by atoms with Crippen molar-refractivity contribution < 1.29 is 9.59 Å². The summed E-state index contributed by atoms with van der Waals surface area (Å²) in [6.07, 6.45) is 2.41. The Hall–Kier alpha value is -2.12. The van der Waals surface area contributed by atoms with Gasteiger partial charge in [0.1, 0.15) is 0 Å². The molecule has 0 unspecified atom stereocenters. The predicted octanol–water partition coefficient (Wildman–Crippen LogP) is 3.03. The van der Waals surface area contributed by atoms with E-state index in [4.69, 9.17) is 11.6 Å². The van der Waals surface area contributed by atoms with E-state index in [-0.39, 0.29) is 11.8 Å². The topological polar surface area (TPSA) is 68.1 Å². The summed E-state index contributed by atoms with van der Waals surface area (Å²) in [4.78, 5) is 24.6. The van der Waals surface area contributed by atoms with E-state index in [9.17, 15) is 9.59 Å². The Labute approximate surface area is 154 Å². The number of carbonyl (C=O) groups excluding carboxylic acids is 2. The maximum absolute atomic E-state index is 11.7. The number of thioether (sulfide) groups is 1. The molecule has 1 aliphatic rings. The molecule has 0 spiro atoms. The van der Waals surface area contributed by atoms with Crippen molar-refractivity contribution in [2.24, 2.45) is 0 Å². The normalized spacial score (nSPS) is 14.4. The fourth-order valence-corrected chi connectivity index (χ4v) is 3.60. The summed E-state index contributed by atoms with van der Waals surface area (Å²) in [7, 11) is 0. The minimum Gasteiger partial charge on any atom is -0.298 e. The van der Waals surface area contributed by atoms with E-state index in [0.29, 0.717) is 36.7 Å². The van der Waals surface area contributed by atoms with Gasteiger partial charge in [-0.1, -0.05) is 29.4 Å². The largest absolute Gasteiger partial charge is 0.298 e. The molecule has 1 aromatic carbocycles. The van der Waals surface area contributed by atoms with Gasteiger partial charge >= 0.3 is 0 Å². The molecule has 0 N–H and O–H groups in total. The molecule has 130 valence electrons. The van der Waals surface area contributed by atoms with Crippen LogP contribution in [-0.2, 0) is 16.1 Å². The standard InChI is InChI=1S/C17H17ClN4O2S/c1-2-9-22-16(12-3-5-13(18)6-4-12)19-20-17(22)25-11-10-21-14(23)7-8-15(21)24/h2-6H,1,7-11H2. The van der Waals surface area contributed by atoms with E-state index in [1.165, 1.54) is 16.7 Å². The number of imide groups is 1. The van der Waals surface area contributed by atoms with Crippen LogP contribution in [0.3, 0.4) is 0 Å². The quantitative estimate of drug-likeness (QED) is 0.422. The zero-order chi connectivity index (χ0) is 17.8. The Morgan fingerprint density at radius 1 is 1.16 bits per heavy atom. The lowest BCUT2D eigenvalue weighted by Gasteiger charge is -2.13. The lowest BCUT2D eigenvalue weighted by molar-refractivity contribution is -0.137. The highest BCUT2D eigenvalue weighted by atomic mass is 35.5. The maximum atomic E-state index is 11.7. The lowest BCUT2D eigenvalue weighted by atomic mass is 10.2. The van der Waals surface area contributed by atoms with Gasteiger partial charge in [-0.2, -0.15) is 0 Å². The van der Waals surface area contributed by atoms with Crippen LogP contribution in [0.1, 0.15) is 12.8 Å². The number of nitrogens with zero attached hydrogens (tertiary/aromatic N) is 4. The molecule has 25 heavy (non-hydrogen) atoms. The van der Waals surface area contributed by atoms with Crippen molar-refractivity contribution in [3.63, 3.8) is 0 Å². The van der Waals surface area contributed by atoms with E-state index in [1.807, 2.05) is 16.7 Å². The van der Waals surface area contributed by atoms with Gasteiger partial charge in [-0.25, -0.2) is 0 Å². The van der Waals surface area contributed by atoms with E-state index in [2.05, 4.69) is 16.8 Å². The summed E-state index contributed by atoms with van der Waals surface area (Å²) >= 11 is 7.40. The number of carbonyl (C=O) groups is 2. The first-order chi connectivity index (χ1) is 12.1. The Bertz CT molecular complexity index is 787. The highest BCUT2D eigenvalue weighted by molar-refractivity contribution is 7.99. The minimum atomic E-state index is -0.0972. The summed E-state index contributed by atoms with van der Waals surface area (Å²) in [6, 6.07) is 7.40.